The van der Waals surface area contributed by atoms with Crippen molar-refractivity contribution in [1.82, 2.24) is 0 Å². The van der Waals surface area contributed by atoms with E-state index in [9.17, 15) is 4.39 Å². The molecule has 1 rings (SSSR count). The molecule has 1 aromatic rings. The SMILES string of the molecule is OCCCCC[C@@](F)(CCO)c1ccccc1. The molecule has 2 N–H and O–H groups in total. The maximum Gasteiger partial charge on any atom is 0.138 e. The van der Waals surface area contributed by atoms with E-state index >= 15 is 0 Å². The first-order valence-electron chi connectivity index (χ1n) is 6.19. The van der Waals surface area contributed by atoms with Gasteiger partial charge in [-0.1, -0.05) is 36.8 Å². The van der Waals surface area contributed by atoms with E-state index in [2.05, 4.69) is 0 Å². The predicted octanol–water partition coefficient (Wildman–Crippen LogP) is 2.79. The fourth-order valence-electron chi connectivity index (χ4n) is 2.02. The largest absolute Gasteiger partial charge is 0.396 e. The number of unbranched alkanes of at least 4 members (excludes halogenated alkanes) is 2. The minimum atomic E-state index is -1.44. The van der Waals surface area contributed by atoms with Gasteiger partial charge in [0.25, 0.3) is 0 Å². The molecule has 2 nitrogen and oxygen atoms in total. The Kier molecular flexibility index (Phi) is 6.16. The lowest BCUT2D eigenvalue weighted by Gasteiger charge is -2.25. The van der Waals surface area contributed by atoms with Crippen LogP contribution in [-0.4, -0.2) is 23.4 Å². The third kappa shape index (κ3) is 4.44. The van der Waals surface area contributed by atoms with Crippen molar-refractivity contribution in [2.45, 2.75) is 37.8 Å². The molecule has 0 unspecified atom stereocenters. The first-order chi connectivity index (χ1) is 8.23. The van der Waals surface area contributed by atoms with Crippen LogP contribution in [0.5, 0.6) is 0 Å². The van der Waals surface area contributed by atoms with Gasteiger partial charge in [0.05, 0.1) is 0 Å². The molecule has 1 atom stereocenters. The minimum absolute atomic E-state index is 0.135. The van der Waals surface area contributed by atoms with Crippen molar-refractivity contribution in [1.29, 1.82) is 0 Å². The van der Waals surface area contributed by atoms with Crippen LogP contribution in [0.2, 0.25) is 0 Å². The zero-order chi connectivity index (χ0) is 12.6. The molecular weight excluding hydrogens is 219 g/mol. The fraction of sp³-hybridized carbons (Fsp3) is 0.571. The molecular formula is C14H21FO2. The van der Waals surface area contributed by atoms with E-state index in [1.807, 2.05) is 18.2 Å². The number of aliphatic hydroxyl groups is 2. The summed E-state index contributed by atoms with van der Waals surface area (Å²) in [5.74, 6) is 0. The third-order valence-corrected chi connectivity index (χ3v) is 3.03. The van der Waals surface area contributed by atoms with Crippen molar-refractivity contribution < 1.29 is 14.6 Å². The third-order valence-electron chi connectivity index (χ3n) is 3.03. The molecule has 0 aliphatic rings. The van der Waals surface area contributed by atoms with Gasteiger partial charge >= 0.3 is 0 Å². The Morgan fingerprint density at radius 2 is 1.59 bits per heavy atom. The summed E-state index contributed by atoms with van der Waals surface area (Å²) in [6, 6.07) is 9.02. The summed E-state index contributed by atoms with van der Waals surface area (Å²) in [5, 5.41) is 17.7. The van der Waals surface area contributed by atoms with Gasteiger partial charge in [-0.3, -0.25) is 0 Å². The summed E-state index contributed by atoms with van der Waals surface area (Å²) in [6.07, 6.45) is 2.80. The van der Waals surface area contributed by atoms with Crippen LogP contribution < -0.4 is 0 Å². The molecule has 0 saturated heterocycles. The molecule has 0 spiro atoms. The van der Waals surface area contributed by atoms with Gasteiger partial charge in [0.15, 0.2) is 0 Å². The number of aliphatic hydroxyl groups excluding tert-OH is 2. The van der Waals surface area contributed by atoms with Gasteiger partial charge in [-0.25, -0.2) is 4.39 Å². The van der Waals surface area contributed by atoms with E-state index in [1.54, 1.807) is 12.1 Å². The standard InChI is InChI=1S/C14H21FO2/c15-14(10-12-17,9-5-2-6-11-16)13-7-3-1-4-8-13/h1,3-4,7-8,16-17H,2,5-6,9-12H2/t14-/m1/s1. The number of rotatable bonds is 8. The maximum atomic E-state index is 14.7. The first kappa shape index (κ1) is 14.1. The van der Waals surface area contributed by atoms with E-state index in [4.69, 9.17) is 10.2 Å². The zero-order valence-corrected chi connectivity index (χ0v) is 10.1. The monoisotopic (exact) mass is 240 g/mol. The van der Waals surface area contributed by atoms with Crippen LogP contribution in [0.3, 0.4) is 0 Å². The molecule has 3 heteroatoms. The topological polar surface area (TPSA) is 40.5 Å². The van der Waals surface area contributed by atoms with Crippen molar-refractivity contribution in [3.8, 4) is 0 Å². The fourth-order valence-corrected chi connectivity index (χ4v) is 2.02. The molecule has 0 fully saturated rings. The predicted molar refractivity (Wildman–Crippen MR) is 66.5 cm³/mol. The van der Waals surface area contributed by atoms with E-state index in [1.165, 1.54) is 0 Å². The molecule has 96 valence electrons. The summed E-state index contributed by atoms with van der Waals surface area (Å²) in [4.78, 5) is 0. The number of hydrogen-bond acceptors (Lipinski definition) is 2. The summed E-state index contributed by atoms with van der Waals surface area (Å²) < 4.78 is 14.7. The van der Waals surface area contributed by atoms with Gasteiger partial charge in [0, 0.05) is 19.6 Å². The highest BCUT2D eigenvalue weighted by atomic mass is 19.1. The smallest absolute Gasteiger partial charge is 0.138 e. The van der Waals surface area contributed by atoms with E-state index in [-0.39, 0.29) is 19.6 Å². The van der Waals surface area contributed by atoms with Crippen molar-refractivity contribution in [3.63, 3.8) is 0 Å². The lowest BCUT2D eigenvalue weighted by atomic mass is 9.87. The number of halogens is 1. The second-order valence-electron chi connectivity index (χ2n) is 4.34. The molecule has 0 amide bonds. The quantitative estimate of drug-likeness (QED) is 0.686. The van der Waals surface area contributed by atoms with Gasteiger partial charge in [0.1, 0.15) is 5.67 Å². The average molecular weight is 240 g/mol. The van der Waals surface area contributed by atoms with E-state index in [0.29, 0.717) is 18.4 Å². The van der Waals surface area contributed by atoms with Gasteiger partial charge in [-0.15, -0.1) is 0 Å². The van der Waals surface area contributed by atoms with E-state index < -0.39 is 5.67 Å². The second kappa shape index (κ2) is 7.41. The van der Waals surface area contributed by atoms with Crippen LogP contribution >= 0.6 is 0 Å². The Balaban J connectivity index is 2.62. The molecule has 0 aliphatic carbocycles. The highest BCUT2D eigenvalue weighted by Gasteiger charge is 2.30. The number of benzene rings is 1. The van der Waals surface area contributed by atoms with Crippen LogP contribution in [0.4, 0.5) is 4.39 Å². The summed E-state index contributed by atoms with van der Waals surface area (Å²) >= 11 is 0. The number of hydrogen-bond donors (Lipinski definition) is 2. The van der Waals surface area contributed by atoms with Gasteiger partial charge in [-0.05, 0) is 24.8 Å². The van der Waals surface area contributed by atoms with E-state index in [0.717, 1.165) is 12.8 Å². The molecule has 0 aromatic heterocycles. The highest BCUT2D eigenvalue weighted by Crippen LogP contribution is 2.35. The van der Waals surface area contributed by atoms with Crippen molar-refractivity contribution in [2.24, 2.45) is 0 Å². The average Bonchev–Trinajstić information content (AvgIpc) is 2.36. The zero-order valence-electron chi connectivity index (χ0n) is 10.1. The maximum absolute atomic E-state index is 14.7. The Morgan fingerprint density at radius 1 is 0.882 bits per heavy atom. The van der Waals surface area contributed by atoms with Crippen LogP contribution in [0.15, 0.2) is 30.3 Å². The lowest BCUT2D eigenvalue weighted by Crippen LogP contribution is -2.21. The van der Waals surface area contributed by atoms with Crippen LogP contribution in [0.1, 0.15) is 37.7 Å². The molecule has 1 aromatic carbocycles. The number of alkyl halides is 1. The highest BCUT2D eigenvalue weighted by molar-refractivity contribution is 5.22. The van der Waals surface area contributed by atoms with Gasteiger partial charge in [0.2, 0.25) is 0 Å². The molecule has 0 aliphatic heterocycles. The molecule has 0 saturated carbocycles. The van der Waals surface area contributed by atoms with Crippen LogP contribution in [-0.2, 0) is 5.67 Å². The Morgan fingerprint density at radius 3 is 2.18 bits per heavy atom. The van der Waals surface area contributed by atoms with Gasteiger partial charge in [-0.2, -0.15) is 0 Å². The van der Waals surface area contributed by atoms with Crippen molar-refractivity contribution >= 4 is 0 Å². The van der Waals surface area contributed by atoms with Crippen molar-refractivity contribution in [3.05, 3.63) is 35.9 Å². The summed E-state index contributed by atoms with van der Waals surface area (Å²) in [6.45, 7) is 0.00994. The lowest BCUT2D eigenvalue weighted by molar-refractivity contribution is 0.0987. The summed E-state index contributed by atoms with van der Waals surface area (Å²) in [7, 11) is 0. The van der Waals surface area contributed by atoms with Crippen molar-refractivity contribution in [2.75, 3.05) is 13.2 Å². The summed E-state index contributed by atoms with van der Waals surface area (Å²) in [5.41, 5.74) is -0.802. The Bertz CT molecular complexity index is 302. The molecule has 0 radical (unpaired) electrons. The Hall–Kier alpha value is -0.930. The minimum Gasteiger partial charge on any atom is -0.396 e. The molecule has 17 heavy (non-hydrogen) atoms. The van der Waals surface area contributed by atoms with Crippen LogP contribution in [0, 0.1) is 0 Å². The first-order valence-corrected chi connectivity index (χ1v) is 6.19. The normalized spacial score (nSPS) is 14.5. The second-order valence-corrected chi connectivity index (χ2v) is 4.34. The molecule has 0 bridgehead atoms. The van der Waals surface area contributed by atoms with Gasteiger partial charge < -0.3 is 10.2 Å². The van der Waals surface area contributed by atoms with Crippen LogP contribution in [0.25, 0.3) is 0 Å². The molecule has 0 heterocycles. The Labute approximate surface area is 102 Å².